The van der Waals surface area contributed by atoms with Crippen LogP contribution < -0.4 is 10.6 Å². The Morgan fingerprint density at radius 1 is 1.33 bits per heavy atom. The third-order valence-corrected chi connectivity index (χ3v) is 4.99. The van der Waals surface area contributed by atoms with Crippen LogP contribution in [0.4, 0.5) is 4.79 Å². The number of esters is 1. The fourth-order valence-electron chi connectivity index (χ4n) is 3.30. The molecule has 8 heteroatoms. The second kappa shape index (κ2) is 7.19. The van der Waals surface area contributed by atoms with E-state index in [2.05, 4.69) is 10.6 Å². The number of rotatable bonds is 6. The first-order valence-electron chi connectivity index (χ1n) is 8.36. The fourth-order valence-corrected chi connectivity index (χ4v) is 3.30. The molecule has 2 atom stereocenters. The Balaban J connectivity index is 2.02. The lowest BCUT2D eigenvalue weighted by Crippen LogP contribution is -2.50. The minimum absolute atomic E-state index is 0.120. The average Bonchev–Trinajstić information content (AvgIpc) is 3.12. The van der Waals surface area contributed by atoms with Crippen molar-refractivity contribution in [1.82, 2.24) is 15.5 Å². The summed E-state index contributed by atoms with van der Waals surface area (Å²) in [6.45, 7) is 3.33. The van der Waals surface area contributed by atoms with Crippen LogP contribution in [-0.2, 0) is 19.1 Å². The van der Waals surface area contributed by atoms with Gasteiger partial charge in [0.05, 0.1) is 7.11 Å². The number of methoxy groups -OCH3 is 1. The van der Waals surface area contributed by atoms with E-state index in [0.29, 0.717) is 19.3 Å². The second-order valence-corrected chi connectivity index (χ2v) is 6.56. The average molecular weight is 339 g/mol. The summed E-state index contributed by atoms with van der Waals surface area (Å²) in [5.74, 6) is -1.56. The molecular formula is C16H25N3O5. The number of amides is 4. The quantitative estimate of drug-likeness (QED) is 0.543. The maximum absolute atomic E-state index is 12.5. The van der Waals surface area contributed by atoms with E-state index in [-0.39, 0.29) is 11.8 Å². The van der Waals surface area contributed by atoms with Crippen molar-refractivity contribution in [3.63, 3.8) is 0 Å². The number of ether oxygens (including phenoxy) is 1. The van der Waals surface area contributed by atoms with Gasteiger partial charge in [-0.25, -0.2) is 9.59 Å². The van der Waals surface area contributed by atoms with Crippen LogP contribution in [0, 0.1) is 5.92 Å². The zero-order chi connectivity index (χ0) is 17.9. The Labute approximate surface area is 141 Å². The number of hydrogen-bond donors (Lipinski definition) is 2. The van der Waals surface area contributed by atoms with Crippen LogP contribution in [0.3, 0.4) is 0 Å². The number of nitrogens with one attached hydrogen (secondary N) is 2. The van der Waals surface area contributed by atoms with Gasteiger partial charge in [-0.3, -0.25) is 14.5 Å². The Morgan fingerprint density at radius 3 is 2.50 bits per heavy atom. The summed E-state index contributed by atoms with van der Waals surface area (Å²) in [4.78, 5) is 49.6. The van der Waals surface area contributed by atoms with Crippen LogP contribution in [0.2, 0.25) is 0 Å². The third-order valence-electron chi connectivity index (χ3n) is 4.99. The molecule has 4 amide bonds. The molecule has 1 spiro atoms. The van der Waals surface area contributed by atoms with Crippen molar-refractivity contribution in [1.29, 1.82) is 0 Å². The third kappa shape index (κ3) is 3.37. The lowest BCUT2D eigenvalue weighted by atomic mass is 9.98. The molecule has 134 valence electrons. The van der Waals surface area contributed by atoms with Crippen LogP contribution in [0.5, 0.6) is 0 Å². The molecule has 8 nitrogen and oxygen atoms in total. The number of carbonyl (C=O) groups excluding carboxylic acids is 4. The number of nitrogens with zero attached hydrogens (tertiary/aromatic N) is 1. The van der Waals surface area contributed by atoms with Gasteiger partial charge in [0.25, 0.3) is 5.91 Å². The molecule has 1 aliphatic heterocycles. The van der Waals surface area contributed by atoms with Crippen molar-refractivity contribution < 1.29 is 23.9 Å². The maximum Gasteiger partial charge on any atom is 0.328 e. The van der Waals surface area contributed by atoms with E-state index in [4.69, 9.17) is 4.74 Å². The predicted octanol–water partition coefficient (Wildman–Crippen LogP) is 0.555. The first-order chi connectivity index (χ1) is 11.3. The highest BCUT2D eigenvalue weighted by Crippen LogP contribution is 2.34. The molecule has 2 N–H and O–H groups in total. The highest BCUT2D eigenvalue weighted by Gasteiger charge is 2.52. The van der Waals surface area contributed by atoms with Crippen molar-refractivity contribution in [3.05, 3.63) is 0 Å². The zero-order valence-electron chi connectivity index (χ0n) is 14.4. The molecule has 0 unspecified atom stereocenters. The SMILES string of the molecule is CC[C@H](C)[C@H](NC(=O)CN1C(=O)NC2(CCCC2)C1=O)C(=O)OC. The Kier molecular flexibility index (Phi) is 5.46. The van der Waals surface area contributed by atoms with E-state index in [0.717, 1.165) is 17.7 Å². The lowest BCUT2D eigenvalue weighted by Gasteiger charge is -2.23. The summed E-state index contributed by atoms with van der Waals surface area (Å²) in [7, 11) is 1.26. The Morgan fingerprint density at radius 2 is 1.96 bits per heavy atom. The number of urea groups is 1. The maximum atomic E-state index is 12.5. The van der Waals surface area contributed by atoms with Gasteiger partial charge in [-0.2, -0.15) is 0 Å². The van der Waals surface area contributed by atoms with Gasteiger partial charge < -0.3 is 15.4 Å². The molecule has 0 bridgehead atoms. The van der Waals surface area contributed by atoms with Crippen LogP contribution in [0.15, 0.2) is 0 Å². The largest absolute Gasteiger partial charge is 0.467 e. The van der Waals surface area contributed by atoms with Gasteiger partial charge in [0, 0.05) is 0 Å². The van der Waals surface area contributed by atoms with Crippen molar-refractivity contribution in [2.45, 2.75) is 57.5 Å². The summed E-state index contributed by atoms with van der Waals surface area (Å²) in [5.41, 5.74) is -0.837. The molecule has 0 aromatic carbocycles. The van der Waals surface area contributed by atoms with Gasteiger partial charge >= 0.3 is 12.0 Å². The Hall–Kier alpha value is -2.12. The highest BCUT2D eigenvalue weighted by molar-refractivity contribution is 6.09. The number of carbonyl (C=O) groups is 4. The molecular weight excluding hydrogens is 314 g/mol. The Bertz CT molecular complexity index is 542. The summed E-state index contributed by atoms with van der Waals surface area (Å²) >= 11 is 0. The molecule has 2 fully saturated rings. The highest BCUT2D eigenvalue weighted by atomic mass is 16.5. The first kappa shape index (κ1) is 18.2. The molecule has 0 radical (unpaired) electrons. The molecule has 2 aliphatic rings. The molecule has 1 saturated heterocycles. The minimum atomic E-state index is -0.837. The summed E-state index contributed by atoms with van der Waals surface area (Å²) in [6, 6.07) is -1.34. The van der Waals surface area contributed by atoms with Gasteiger partial charge in [0.15, 0.2) is 0 Å². The van der Waals surface area contributed by atoms with Crippen LogP contribution in [0.25, 0.3) is 0 Å². The summed E-state index contributed by atoms with van der Waals surface area (Å²) in [6.07, 6.45) is 3.64. The minimum Gasteiger partial charge on any atom is -0.467 e. The topological polar surface area (TPSA) is 105 Å². The van der Waals surface area contributed by atoms with Crippen LogP contribution >= 0.6 is 0 Å². The number of hydrogen-bond acceptors (Lipinski definition) is 5. The van der Waals surface area contributed by atoms with Gasteiger partial charge in [0.2, 0.25) is 5.91 Å². The van der Waals surface area contributed by atoms with Gasteiger partial charge in [-0.1, -0.05) is 33.1 Å². The fraction of sp³-hybridized carbons (Fsp3) is 0.750. The van der Waals surface area contributed by atoms with Crippen molar-refractivity contribution in [2.24, 2.45) is 5.92 Å². The van der Waals surface area contributed by atoms with Gasteiger partial charge in [-0.05, 0) is 18.8 Å². The zero-order valence-corrected chi connectivity index (χ0v) is 14.4. The van der Waals surface area contributed by atoms with E-state index < -0.39 is 36.0 Å². The first-order valence-corrected chi connectivity index (χ1v) is 8.36. The summed E-state index contributed by atoms with van der Waals surface area (Å²) in [5, 5.41) is 5.30. The van der Waals surface area contributed by atoms with E-state index in [1.54, 1.807) is 0 Å². The predicted molar refractivity (Wildman–Crippen MR) is 84.8 cm³/mol. The smallest absolute Gasteiger partial charge is 0.328 e. The molecule has 2 rings (SSSR count). The molecule has 0 aromatic rings. The normalized spacial score (nSPS) is 21.5. The van der Waals surface area contributed by atoms with E-state index in [1.807, 2.05) is 13.8 Å². The molecule has 1 aliphatic carbocycles. The second-order valence-electron chi connectivity index (χ2n) is 6.56. The molecule has 1 saturated carbocycles. The van der Waals surface area contributed by atoms with Crippen molar-refractivity contribution >= 4 is 23.8 Å². The van der Waals surface area contributed by atoms with Crippen molar-refractivity contribution in [2.75, 3.05) is 13.7 Å². The number of imide groups is 1. The van der Waals surface area contributed by atoms with Gasteiger partial charge in [-0.15, -0.1) is 0 Å². The monoisotopic (exact) mass is 339 g/mol. The standard InChI is InChI=1S/C16H25N3O5/c1-4-10(2)12(13(21)24-3)17-11(20)9-19-14(22)16(18-15(19)23)7-5-6-8-16/h10,12H,4-9H2,1-3H3,(H,17,20)(H,18,23)/t10-,12-/m0/s1. The summed E-state index contributed by atoms with van der Waals surface area (Å²) < 4.78 is 4.71. The van der Waals surface area contributed by atoms with Crippen molar-refractivity contribution in [3.8, 4) is 0 Å². The molecule has 1 heterocycles. The van der Waals surface area contributed by atoms with E-state index in [1.165, 1.54) is 7.11 Å². The molecule has 0 aromatic heterocycles. The van der Waals surface area contributed by atoms with Crippen LogP contribution in [0.1, 0.15) is 46.0 Å². The molecule has 24 heavy (non-hydrogen) atoms. The van der Waals surface area contributed by atoms with Gasteiger partial charge in [0.1, 0.15) is 18.1 Å². The van der Waals surface area contributed by atoms with Crippen LogP contribution in [-0.4, -0.2) is 54.0 Å². The van der Waals surface area contributed by atoms with E-state index >= 15 is 0 Å². The van der Waals surface area contributed by atoms with E-state index in [9.17, 15) is 19.2 Å². The lowest BCUT2D eigenvalue weighted by molar-refractivity contribution is -0.146.